The summed E-state index contributed by atoms with van der Waals surface area (Å²) in [5.74, 6) is 1.62. The second-order valence-electron chi connectivity index (χ2n) is 12.8. The maximum atomic E-state index is 13.0. The van der Waals surface area contributed by atoms with E-state index >= 15 is 0 Å². The van der Waals surface area contributed by atoms with Gasteiger partial charge in [0.2, 0.25) is 0 Å². The van der Waals surface area contributed by atoms with Crippen LogP contribution in [-0.4, -0.2) is 59.0 Å². The summed E-state index contributed by atoms with van der Waals surface area (Å²) in [4.78, 5) is 18.1. The van der Waals surface area contributed by atoms with Crippen LogP contribution in [-0.2, 0) is 13.1 Å². The van der Waals surface area contributed by atoms with Crippen molar-refractivity contribution in [3.8, 4) is 5.75 Å². The molecule has 2 saturated heterocycles. The first-order valence-electron chi connectivity index (χ1n) is 16.4. The molecule has 3 aromatic carbocycles. The number of aromatic nitrogens is 1. The minimum atomic E-state index is 0.107. The molecule has 6 heteroatoms. The van der Waals surface area contributed by atoms with Crippen LogP contribution in [0.5, 0.6) is 5.75 Å². The number of piperidine rings is 2. The van der Waals surface area contributed by atoms with Crippen molar-refractivity contribution in [2.24, 2.45) is 5.92 Å². The third-order valence-corrected chi connectivity index (χ3v) is 9.82. The molecule has 1 unspecified atom stereocenters. The molecule has 2 fully saturated rings. The second-order valence-corrected chi connectivity index (χ2v) is 13.2. The number of carbonyl (C=O) groups is 1. The summed E-state index contributed by atoms with van der Waals surface area (Å²) in [5.41, 5.74) is 4.68. The molecule has 0 N–H and O–H groups in total. The molecule has 0 aliphatic carbocycles. The number of para-hydroxylation sites is 1. The monoisotopic (exact) mass is 599 g/mol. The minimum Gasteiger partial charge on any atom is -0.489 e. The summed E-state index contributed by atoms with van der Waals surface area (Å²) in [6.07, 6.45) is 7.22. The van der Waals surface area contributed by atoms with Crippen LogP contribution in [0.3, 0.4) is 0 Å². The quantitative estimate of drug-likeness (QED) is 0.128. The van der Waals surface area contributed by atoms with Crippen molar-refractivity contribution in [1.29, 1.82) is 0 Å². The van der Waals surface area contributed by atoms with Crippen molar-refractivity contribution in [2.45, 2.75) is 78.0 Å². The Kier molecular flexibility index (Phi) is 9.71. The van der Waals surface area contributed by atoms with Crippen LogP contribution in [0, 0.1) is 5.92 Å². The number of hydrogen-bond donors (Lipinski definition) is 0. The van der Waals surface area contributed by atoms with Gasteiger partial charge >= 0.3 is 0 Å². The molecule has 4 aromatic rings. The Morgan fingerprint density at radius 3 is 2.53 bits per heavy atom. The lowest BCUT2D eigenvalue weighted by Crippen LogP contribution is -2.37. The summed E-state index contributed by atoms with van der Waals surface area (Å²) in [6, 6.07) is 21.2. The zero-order chi connectivity index (χ0) is 29.8. The molecule has 0 saturated carbocycles. The number of ketones is 1. The van der Waals surface area contributed by atoms with E-state index in [9.17, 15) is 4.79 Å². The topological polar surface area (TPSA) is 37.7 Å². The van der Waals surface area contributed by atoms with Crippen molar-refractivity contribution in [3.05, 3.63) is 76.8 Å². The first kappa shape index (κ1) is 30.2. The van der Waals surface area contributed by atoms with Gasteiger partial charge < -0.3 is 14.2 Å². The Labute approximate surface area is 261 Å². The van der Waals surface area contributed by atoms with E-state index in [1.54, 1.807) is 0 Å². The number of nitrogens with zero attached hydrogens (tertiary/aromatic N) is 3. The van der Waals surface area contributed by atoms with E-state index in [0.29, 0.717) is 22.8 Å². The second kappa shape index (κ2) is 13.8. The van der Waals surface area contributed by atoms with Gasteiger partial charge in [-0.2, -0.15) is 0 Å². The molecule has 3 heterocycles. The van der Waals surface area contributed by atoms with Gasteiger partial charge in [0.05, 0.1) is 5.02 Å². The lowest BCUT2D eigenvalue weighted by Gasteiger charge is -2.32. The fourth-order valence-electron chi connectivity index (χ4n) is 7.19. The fraction of sp³-hybridized carbons (Fsp3) is 0.486. The van der Waals surface area contributed by atoms with E-state index in [1.165, 1.54) is 53.3 Å². The Hall–Kier alpha value is -2.86. The van der Waals surface area contributed by atoms with Crippen molar-refractivity contribution in [3.63, 3.8) is 0 Å². The van der Waals surface area contributed by atoms with Crippen molar-refractivity contribution in [2.75, 3.05) is 32.7 Å². The predicted octanol–water partition coefficient (Wildman–Crippen LogP) is 8.60. The number of fused-ring (bicyclic) bond motifs is 3. The maximum Gasteiger partial charge on any atom is 0.163 e. The summed E-state index contributed by atoms with van der Waals surface area (Å²) >= 11 is 6.53. The largest absolute Gasteiger partial charge is 0.489 e. The van der Waals surface area contributed by atoms with Crippen LogP contribution in [0.4, 0.5) is 0 Å². The number of Topliss-reactive ketones (excluding diaryl/α,β-unsaturated/α-hetero) is 1. The Morgan fingerprint density at radius 2 is 1.72 bits per heavy atom. The Balaban J connectivity index is 1.000. The zero-order valence-electron chi connectivity index (χ0n) is 25.9. The number of rotatable bonds is 11. The molecule has 1 aromatic heterocycles. The first-order valence-corrected chi connectivity index (χ1v) is 16.8. The molecule has 1 atom stereocenters. The van der Waals surface area contributed by atoms with E-state index in [4.69, 9.17) is 16.3 Å². The number of benzene rings is 3. The van der Waals surface area contributed by atoms with Gasteiger partial charge in [-0.1, -0.05) is 42.8 Å². The van der Waals surface area contributed by atoms with Gasteiger partial charge in [-0.05, 0) is 106 Å². The fourth-order valence-corrected chi connectivity index (χ4v) is 7.35. The van der Waals surface area contributed by atoms with Crippen molar-refractivity contribution >= 4 is 39.2 Å². The molecule has 0 radical (unpaired) electrons. The number of halogens is 1. The van der Waals surface area contributed by atoms with Crippen LogP contribution in [0.15, 0.2) is 60.7 Å². The number of likely N-dealkylation sites (tertiary alicyclic amines) is 2. The summed E-state index contributed by atoms with van der Waals surface area (Å²) in [6.45, 7) is 11.9. The molecule has 43 heavy (non-hydrogen) atoms. The highest BCUT2D eigenvalue weighted by Gasteiger charge is 2.23. The number of carbonyl (C=O) groups excluding carboxylic acids is 1. The third-order valence-electron chi connectivity index (χ3n) is 9.51. The molecule has 0 bridgehead atoms. The smallest absolute Gasteiger partial charge is 0.163 e. The summed E-state index contributed by atoms with van der Waals surface area (Å²) in [5, 5.41) is 3.25. The van der Waals surface area contributed by atoms with Crippen LogP contribution in [0.1, 0.15) is 74.7 Å². The van der Waals surface area contributed by atoms with Gasteiger partial charge in [-0.3, -0.25) is 9.69 Å². The molecule has 0 spiro atoms. The van der Waals surface area contributed by atoms with Gasteiger partial charge in [0.1, 0.15) is 11.9 Å². The van der Waals surface area contributed by atoms with Gasteiger partial charge in [0.15, 0.2) is 5.78 Å². The molecule has 0 amide bonds. The maximum absolute atomic E-state index is 13.0. The minimum absolute atomic E-state index is 0.107. The van der Waals surface area contributed by atoms with E-state index in [-0.39, 0.29) is 11.9 Å². The summed E-state index contributed by atoms with van der Waals surface area (Å²) in [7, 11) is 0. The van der Waals surface area contributed by atoms with Crippen LogP contribution < -0.4 is 4.74 Å². The van der Waals surface area contributed by atoms with E-state index < -0.39 is 0 Å². The number of unbranched alkanes of at least 4 members (excludes halogenated alkanes) is 1. The first-order chi connectivity index (χ1) is 21.0. The molecule has 5 nitrogen and oxygen atoms in total. The van der Waals surface area contributed by atoms with Gasteiger partial charge in [-0.25, -0.2) is 0 Å². The zero-order valence-corrected chi connectivity index (χ0v) is 26.6. The van der Waals surface area contributed by atoms with Gasteiger partial charge in [0.25, 0.3) is 0 Å². The van der Waals surface area contributed by atoms with Crippen LogP contribution >= 0.6 is 11.6 Å². The number of hydrogen-bond acceptors (Lipinski definition) is 4. The number of ether oxygens (including phenoxy) is 1. The lowest BCUT2D eigenvalue weighted by molar-refractivity contribution is 0.0950. The standard InChI is InChI=1S/C37H46ClN3O2/c1-3-41-34-11-5-4-10-31(34)32-23-28(13-16-35(32)41)26-40-21-17-30(18-22-40)43-37-24-29(14-15-33(37)38)36(42)12-6-7-19-39-20-8-9-27(2)25-39/h4-5,10-11,13-16,23-24,27,30H,3,6-9,12,17-22,25-26H2,1-2H3. The van der Waals surface area contributed by atoms with Gasteiger partial charge in [-0.15, -0.1) is 0 Å². The highest BCUT2D eigenvalue weighted by atomic mass is 35.5. The molecular formula is C37H46ClN3O2. The van der Waals surface area contributed by atoms with Crippen LogP contribution in [0.25, 0.3) is 21.8 Å². The third kappa shape index (κ3) is 7.11. The summed E-state index contributed by atoms with van der Waals surface area (Å²) < 4.78 is 8.80. The molecular weight excluding hydrogens is 554 g/mol. The molecule has 2 aliphatic heterocycles. The molecule has 6 rings (SSSR count). The SMILES string of the molecule is CCn1c2ccccc2c2cc(CN3CCC(Oc4cc(C(=O)CCCCN5CCCC(C)C5)ccc4Cl)CC3)ccc21. The highest BCUT2D eigenvalue weighted by Crippen LogP contribution is 2.32. The van der Waals surface area contributed by atoms with Gasteiger partial charge in [0, 0.05) is 66.5 Å². The molecule has 2 aliphatic rings. The highest BCUT2D eigenvalue weighted by molar-refractivity contribution is 6.32. The normalized spacial score (nSPS) is 18.9. The Bertz CT molecular complexity index is 1550. The molecule has 228 valence electrons. The van der Waals surface area contributed by atoms with E-state index in [2.05, 4.69) is 70.7 Å². The van der Waals surface area contributed by atoms with Crippen LogP contribution in [0.2, 0.25) is 5.02 Å². The lowest BCUT2D eigenvalue weighted by atomic mass is 10.00. The average molecular weight is 600 g/mol. The Morgan fingerprint density at radius 1 is 0.907 bits per heavy atom. The van der Waals surface area contributed by atoms with E-state index in [0.717, 1.165) is 64.3 Å². The van der Waals surface area contributed by atoms with Crippen molar-refractivity contribution < 1.29 is 9.53 Å². The average Bonchev–Trinajstić information content (AvgIpc) is 3.34. The number of aryl methyl sites for hydroxylation is 1. The van der Waals surface area contributed by atoms with Crippen molar-refractivity contribution in [1.82, 2.24) is 14.4 Å². The predicted molar refractivity (Wildman–Crippen MR) is 179 cm³/mol. The van der Waals surface area contributed by atoms with E-state index in [1.807, 2.05) is 18.2 Å².